The largest absolute Gasteiger partial charge is 0.463 e. The minimum atomic E-state index is 0.698. The fraction of sp³-hybridized carbons (Fsp3) is 0. The van der Waals surface area contributed by atoms with E-state index in [1.165, 1.54) is 22.1 Å². The van der Waals surface area contributed by atoms with Crippen LogP contribution in [0, 0.1) is 0 Å². The van der Waals surface area contributed by atoms with Crippen LogP contribution in [0.3, 0.4) is 0 Å². The van der Waals surface area contributed by atoms with Crippen LogP contribution in [0.2, 0.25) is 0 Å². The first kappa shape index (κ1) is 13.7. The molecule has 112 valence electrons. The Balaban J connectivity index is 1.60. The van der Waals surface area contributed by atoms with Gasteiger partial charge in [-0.15, -0.1) is 11.3 Å². The number of anilines is 1. The number of aromatic nitrogens is 1. The molecule has 4 aromatic rings. The van der Waals surface area contributed by atoms with Gasteiger partial charge in [-0.05, 0) is 22.9 Å². The molecule has 1 N–H and O–H groups in total. The van der Waals surface area contributed by atoms with E-state index in [1.54, 1.807) is 12.5 Å². The molecule has 4 rings (SSSR count). The first-order valence-corrected chi connectivity index (χ1v) is 8.04. The fourth-order valence-corrected chi connectivity index (χ4v) is 3.07. The van der Waals surface area contributed by atoms with Gasteiger partial charge in [0.15, 0.2) is 0 Å². The predicted octanol–water partition coefficient (Wildman–Crippen LogP) is 5.00. The van der Waals surface area contributed by atoms with Crippen molar-refractivity contribution in [2.75, 3.05) is 5.43 Å². The lowest BCUT2D eigenvalue weighted by Crippen LogP contribution is -1.89. The van der Waals surface area contributed by atoms with Crippen LogP contribution in [0.25, 0.3) is 22.0 Å². The molecule has 0 amide bonds. The molecule has 0 spiro atoms. The Labute approximate surface area is 137 Å². The molecule has 0 saturated heterocycles. The van der Waals surface area contributed by atoms with E-state index in [-0.39, 0.29) is 0 Å². The van der Waals surface area contributed by atoms with Crippen molar-refractivity contribution in [1.29, 1.82) is 0 Å². The van der Waals surface area contributed by atoms with Gasteiger partial charge in [0, 0.05) is 10.9 Å². The number of nitrogens with zero attached hydrogens (tertiary/aromatic N) is 2. The van der Waals surface area contributed by atoms with Gasteiger partial charge in [-0.1, -0.05) is 42.5 Å². The van der Waals surface area contributed by atoms with E-state index in [1.807, 2.05) is 29.6 Å². The maximum absolute atomic E-state index is 5.19. The summed E-state index contributed by atoms with van der Waals surface area (Å²) in [6.45, 7) is 0. The molecular formula is C18H13N3OS. The zero-order valence-corrected chi connectivity index (χ0v) is 13.0. The Morgan fingerprint density at radius 3 is 2.87 bits per heavy atom. The lowest BCUT2D eigenvalue weighted by atomic mass is 10.0. The highest BCUT2D eigenvalue weighted by atomic mass is 32.1. The molecule has 2 aromatic carbocycles. The van der Waals surface area contributed by atoms with Crippen molar-refractivity contribution >= 4 is 33.5 Å². The minimum absolute atomic E-state index is 0.698. The van der Waals surface area contributed by atoms with Crippen molar-refractivity contribution in [3.05, 3.63) is 72.0 Å². The number of benzene rings is 2. The number of nitrogens with one attached hydrogen (secondary N) is 1. The summed E-state index contributed by atoms with van der Waals surface area (Å²) in [6, 6.07) is 18.2. The van der Waals surface area contributed by atoms with Crippen molar-refractivity contribution in [3.8, 4) is 11.3 Å². The lowest BCUT2D eigenvalue weighted by Gasteiger charge is -2.03. The number of thiazole rings is 1. The van der Waals surface area contributed by atoms with E-state index in [4.69, 9.17) is 4.42 Å². The summed E-state index contributed by atoms with van der Waals surface area (Å²) < 4.78 is 5.19. The summed E-state index contributed by atoms with van der Waals surface area (Å²) in [5.41, 5.74) is 5.01. The highest BCUT2D eigenvalue weighted by molar-refractivity contribution is 7.14. The first-order valence-electron chi connectivity index (χ1n) is 7.16. The van der Waals surface area contributed by atoms with Crippen molar-refractivity contribution in [3.63, 3.8) is 0 Å². The molecule has 0 aliphatic heterocycles. The Morgan fingerprint density at radius 1 is 1.04 bits per heavy atom. The normalized spacial score (nSPS) is 11.3. The van der Waals surface area contributed by atoms with Crippen molar-refractivity contribution in [2.45, 2.75) is 0 Å². The van der Waals surface area contributed by atoms with Gasteiger partial charge in [0.1, 0.15) is 5.76 Å². The number of fused-ring (bicyclic) bond motifs is 1. The molecule has 0 atom stereocenters. The Morgan fingerprint density at radius 2 is 1.96 bits per heavy atom. The van der Waals surface area contributed by atoms with Crippen LogP contribution in [-0.2, 0) is 0 Å². The molecule has 0 aliphatic rings. The van der Waals surface area contributed by atoms with Crippen LogP contribution in [0.4, 0.5) is 5.13 Å². The molecule has 5 heteroatoms. The number of rotatable bonds is 4. The van der Waals surface area contributed by atoms with Gasteiger partial charge in [-0.2, -0.15) is 5.10 Å². The van der Waals surface area contributed by atoms with Gasteiger partial charge in [0.25, 0.3) is 0 Å². The zero-order valence-electron chi connectivity index (χ0n) is 12.1. The maximum atomic E-state index is 5.19. The average molecular weight is 319 g/mol. The number of hydrogen-bond acceptors (Lipinski definition) is 5. The molecule has 0 aliphatic carbocycles. The molecule has 2 aromatic heterocycles. The Bertz CT molecular complexity index is 952. The molecule has 23 heavy (non-hydrogen) atoms. The molecule has 0 radical (unpaired) electrons. The smallest absolute Gasteiger partial charge is 0.203 e. The van der Waals surface area contributed by atoms with Gasteiger partial charge in [0.05, 0.1) is 18.2 Å². The van der Waals surface area contributed by atoms with E-state index in [9.17, 15) is 0 Å². The third kappa shape index (κ3) is 2.86. The van der Waals surface area contributed by atoms with Gasteiger partial charge in [-0.25, -0.2) is 4.98 Å². The van der Waals surface area contributed by atoms with Gasteiger partial charge in [0.2, 0.25) is 5.13 Å². The molecule has 0 unspecified atom stereocenters. The monoisotopic (exact) mass is 319 g/mol. The van der Waals surface area contributed by atoms with Gasteiger partial charge >= 0.3 is 0 Å². The number of furan rings is 1. The second-order valence-corrected chi connectivity index (χ2v) is 5.81. The molecule has 0 saturated carbocycles. The molecular weight excluding hydrogens is 306 g/mol. The summed E-state index contributed by atoms with van der Waals surface area (Å²) >= 11 is 1.52. The molecule has 4 nitrogen and oxygen atoms in total. The highest BCUT2D eigenvalue weighted by Crippen LogP contribution is 2.30. The van der Waals surface area contributed by atoms with E-state index in [0.29, 0.717) is 5.76 Å². The zero-order chi connectivity index (χ0) is 15.5. The predicted molar refractivity (Wildman–Crippen MR) is 95.0 cm³/mol. The standard InChI is InChI=1S/C18H13N3OS/c1-2-8-15-13(5-1)6-3-9-16(15)17-12-23-18(20-17)21-19-11-14-7-4-10-22-14/h1-12H,(H,20,21). The van der Waals surface area contributed by atoms with Crippen LogP contribution >= 0.6 is 11.3 Å². The fourth-order valence-electron chi connectivity index (χ4n) is 2.41. The van der Waals surface area contributed by atoms with E-state index in [0.717, 1.165) is 16.4 Å². The summed E-state index contributed by atoms with van der Waals surface area (Å²) in [7, 11) is 0. The van der Waals surface area contributed by atoms with Crippen molar-refractivity contribution in [2.24, 2.45) is 5.10 Å². The van der Waals surface area contributed by atoms with E-state index in [2.05, 4.69) is 45.8 Å². The van der Waals surface area contributed by atoms with Gasteiger partial charge < -0.3 is 4.42 Å². The van der Waals surface area contributed by atoms with Crippen LogP contribution in [0.1, 0.15) is 5.76 Å². The Kier molecular flexibility index (Phi) is 3.62. The third-order valence-corrected chi connectivity index (χ3v) is 4.21. The second-order valence-electron chi connectivity index (χ2n) is 4.95. The van der Waals surface area contributed by atoms with E-state index >= 15 is 0 Å². The molecule has 2 heterocycles. The summed E-state index contributed by atoms with van der Waals surface area (Å²) in [6.07, 6.45) is 3.24. The minimum Gasteiger partial charge on any atom is -0.463 e. The molecule has 0 bridgehead atoms. The third-order valence-electron chi connectivity index (χ3n) is 3.46. The van der Waals surface area contributed by atoms with Crippen molar-refractivity contribution < 1.29 is 4.42 Å². The van der Waals surface area contributed by atoms with E-state index < -0.39 is 0 Å². The summed E-state index contributed by atoms with van der Waals surface area (Å²) in [5, 5.41) is 9.32. The highest BCUT2D eigenvalue weighted by Gasteiger charge is 2.07. The van der Waals surface area contributed by atoms with Crippen LogP contribution in [0.5, 0.6) is 0 Å². The lowest BCUT2D eigenvalue weighted by molar-refractivity contribution is 0.560. The van der Waals surface area contributed by atoms with Gasteiger partial charge in [-0.3, -0.25) is 5.43 Å². The number of hydrazone groups is 1. The van der Waals surface area contributed by atoms with Crippen molar-refractivity contribution in [1.82, 2.24) is 4.98 Å². The second kappa shape index (κ2) is 6.06. The average Bonchev–Trinajstić information content (AvgIpc) is 3.26. The number of hydrogen-bond donors (Lipinski definition) is 1. The molecule has 0 fully saturated rings. The summed E-state index contributed by atoms with van der Waals surface area (Å²) in [5.74, 6) is 0.698. The topological polar surface area (TPSA) is 50.4 Å². The van der Waals surface area contributed by atoms with Crippen LogP contribution in [-0.4, -0.2) is 11.2 Å². The first-order chi connectivity index (χ1) is 11.4. The maximum Gasteiger partial charge on any atom is 0.203 e. The van der Waals surface area contributed by atoms with Crippen LogP contribution in [0.15, 0.2) is 75.8 Å². The SMILES string of the molecule is C(=NNc1nc(-c2cccc3ccccc23)cs1)c1ccco1. The van der Waals surface area contributed by atoms with Crippen LogP contribution < -0.4 is 5.43 Å². The quantitative estimate of drug-likeness (QED) is 0.425. The summed E-state index contributed by atoms with van der Waals surface area (Å²) in [4.78, 5) is 4.61. The Hall–Kier alpha value is -2.92.